The van der Waals surface area contributed by atoms with Crippen molar-refractivity contribution < 1.29 is 4.42 Å². The lowest BCUT2D eigenvalue weighted by atomic mass is 10.2. The number of hydrogen-bond donors (Lipinski definition) is 1. The predicted molar refractivity (Wildman–Crippen MR) is 87.3 cm³/mol. The zero-order valence-electron chi connectivity index (χ0n) is 13.9. The van der Waals surface area contributed by atoms with Gasteiger partial charge in [-0.05, 0) is 37.6 Å². The van der Waals surface area contributed by atoms with E-state index in [0.29, 0.717) is 5.92 Å². The number of nitrogens with one attached hydrogen (secondary N) is 1. The lowest BCUT2D eigenvalue weighted by molar-refractivity contribution is 0.120. The average molecular weight is 293 g/mol. The van der Waals surface area contributed by atoms with Crippen LogP contribution in [0.2, 0.25) is 0 Å². The van der Waals surface area contributed by atoms with Crippen molar-refractivity contribution in [2.75, 3.05) is 39.3 Å². The highest BCUT2D eigenvalue weighted by molar-refractivity contribution is 5.07. The van der Waals surface area contributed by atoms with Gasteiger partial charge in [-0.25, -0.2) is 0 Å². The number of furan rings is 1. The van der Waals surface area contributed by atoms with Crippen LogP contribution in [0.4, 0.5) is 0 Å². The second-order valence-corrected chi connectivity index (χ2v) is 6.51. The molecule has 1 fully saturated rings. The summed E-state index contributed by atoms with van der Waals surface area (Å²) in [4.78, 5) is 5.05. The van der Waals surface area contributed by atoms with Crippen LogP contribution in [-0.2, 0) is 13.1 Å². The van der Waals surface area contributed by atoms with Gasteiger partial charge in [0.25, 0.3) is 0 Å². The van der Waals surface area contributed by atoms with Crippen molar-refractivity contribution in [3.05, 3.63) is 23.7 Å². The summed E-state index contributed by atoms with van der Waals surface area (Å²) in [5, 5.41) is 3.42. The van der Waals surface area contributed by atoms with E-state index < -0.39 is 0 Å². The summed E-state index contributed by atoms with van der Waals surface area (Å²) in [6.07, 6.45) is 1.25. The maximum absolute atomic E-state index is 5.92. The summed E-state index contributed by atoms with van der Waals surface area (Å²) in [5.74, 6) is 2.83. The van der Waals surface area contributed by atoms with E-state index in [1.54, 1.807) is 0 Å². The third-order valence-electron chi connectivity index (χ3n) is 3.95. The quantitative estimate of drug-likeness (QED) is 0.798. The van der Waals surface area contributed by atoms with Crippen LogP contribution in [0.3, 0.4) is 0 Å². The van der Waals surface area contributed by atoms with E-state index in [1.807, 2.05) is 0 Å². The minimum atomic E-state index is 0.679. The molecule has 120 valence electrons. The van der Waals surface area contributed by atoms with E-state index in [0.717, 1.165) is 44.2 Å². The smallest absolute Gasteiger partial charge is 0.118 e. The normalized spacial score (nSPS) is 17.7. The topological polar surface area (TPSA) is 31.6 Å². The molecule has 2 rings (SSSR count). The molecule has 0 unspecified atom stereocenters. The Balaban J connectivity index is 1.70. The summed E-state index contributed by atoms with van der Waals surface area (Å²) in [6, 6.07) is 4.24. The molecule has 1 aromatic heterocycles. The van der Waals surface area contributed by atoms with Crippen LogP contribution >= 0.6 is 0 Å². The third kappa shape index (κ3) is 5.81. The molecule has 0 amide bonds. The van der Waals surface area contributed by atoms with E-state index in [1.165, 1.54) is 26.1 Å². The average Bonchev–Trinajstić information content (AvgIpc) is 2.88. The molecule has 0 atom stereocenters. The molecule has 4 nitrogen and oxygen atoms in total. The number of hydrogen-bond acceptors (Lipinski definition) is 4. The van der Waals surface area contributed by atoms with Gasteiger partial charge in [0.2, 0.25) is 0 Å². The zero-order valence-corrected chi connectivity index (χ0v) is 13.9. The summed E-state index contributed by atoms with van der Waals surface area (Å²) in [5.41, 5.74) is 0. The van der Waals surface area contributed by atoms with Crippen LogP contribution in [0, 0.1) is 5.92 Å². The molecule has 1 aliphatic heterocycles. The molecular formula is C17H31N3O. The fraction of sp³-hybridized carbons (Fsp3) is 0.765. The van der Waals surface area contributed by atoms with Crippen LogP contribution in [0.15, 0.2) is 16.5 Å². The van der Waals surface area contributed by atoms with Gasteiger partial charge in [-0.2, -0.15) is 0 Å². The van der Waals surface area contributed by atoms with Gasteiger partial charge in [0, 0.05) is 26.2 Å². The molecule has 2 heterocycles. The molecule has 4 heteroatoms. The van der Waals surface area contributed by atoms with E-state index in [-0.39, 0.29) is 0 Å². The minimum absolute atomic E-state index is 0.679. The molecule has 21 heavy (non-hydrogen) atoms. The van der Waals surface area contributed by atoms with Gasteiger partial charge in [-0.15, -0.1) is 0 Å². The Morgan fingerprint density at radius 3 is 2.43 bits per heavy atom. The predicted octanol–water partition coefficient (Wildman–Crippen LogP) is 2.55. The van der Waals surface area contributed by atoms with Crippen LogP contribution in [0.5, 0.6) is 0 Å². The largest absolute Gasteiger partial charge is 0.463 e. The van der Waals surface area contributed by atoms with E-state index in [4.69, 9.17) is 4.42 Å². The lowest BCUT2D eigenvalue weighted by Crippen LogP contribution is -2.45. The molecule has 1 aliphatic rings. The van der Waals surface area contributed by atoms with Gasteiger partial charge in [0.05, 0.1) is 13.1 Å². The summed E-state index contributed by atoms with van der Waals surface area (Å²) in [6.45, 7) is 15.4. The van der Waals surface area contributed by atoms with Crippen molar-refractivity contribution in [1.82, 2.24) is 15.1 Å². The number of rotatable bonds is 8. The van der Waals surface area contributed by atoms with Crippen molar-refractivity contribution in [3.63, 3.8) is 0 Å². The molecule has 0 radical (unpaired) electrons. The van der Waals surface area contributed by atoms with Crippen molar-refractivity contribution >= 4 is 0 Å². The van der Waals surface area contributed by atoms with Crippen LogP contribution in [0.25, 0.3) is 0 Å². The van der Waals surface area contributed by atoms with Crippen molar-refractivity contribution in [1.29, 1.82) is 0 Å². The maximum Gasteiger partial charge on any atom is 0.118 e. The summed E-state index contributed by atoms with van der Waals surface area (Å²) >= 11 is 0. The minimum Gasteiger partial charge on any atom is -0.463 e. The van der Waals surface area contributed by atoms with E-state index in [2.05, 4.69) is 48.0 Å². The van der Waals surface area contributed by atoms with Gasteiger partial charge in [0.15, 0.2) is 0 Å². The first-order chi connectivity index (χ1) is 10.2. The standard InChI is InChI=1S/C17H31N3O/c1-4-7-19-8-10-20(11-9-19)14-17-6-5-16(21-17)13-18-12-15(2)3/h5-6,15,18H,4,7-14H2,1-3H3. The van der Waals surface area contributed by atoms with E-state index >= 15 is 0 Å². The highest BCUT2D eigenvalue weighted by Gasteiger charge is 2.17. The molecule has 0 bridgehead atoms. The Hall–Kier alpha value is -0.840. The number of nitrogens with zero attached hydrogens (tertiary/aromatic N) is 2. The van der Waals surface area contributed by atoms with Crippen molar-refractivity contribution in [2.45, 2.75) is 40.3 Å². The van der Waals surface area contributed by atoms with Crippen LogP contribution in [0.1, 0.15) is 38.7 Å². The van der Waals surface area contributed by atoms with Gasteiger partial charge in [-0.1, -0.05) is 20.8 Å². The third-order valence-corrected chi connectivity index (χ3v) is 3.95. The molecular weight excluding hydrogens is 262 g/mol. The van der Waals surface area contributed by atoms with Gasteiger partial charge in [-0.3, -0.25) is 4.90 Å². The Bertz CT molecular complexity index is 394. The monoisotopic (exact) mass is 293 g/mol. The summed E-state index contributed by atoms with van der Waals surface area (Å²) < 4.78 is 5.92. The lowest BCUT2D eigenvalue weighted by Gasteiger charge is -2.33. The van der Waals surface area contributed by atoms with Gasteiger partial charge < -0.3 is 14.6 Å². The fourth-order valence-electron chi connectivity index (χ4n) is 2.79. The van der Waals surface area contributed by atoms with E-state index in [9.17, 15) is 0 Å². The molecule has 1 aromatic rings. The van der Waals surface area contributed by atoms with Crippen LogP contribution < -0.4 is 5.32 Å². The fourth-order valence-corrected chi connectivity index (χ4v) is 2.79. The molecule has 1 N–H and O–H groups in total. The molecule has 1 saturated heterocycles. The Labute approximate surface area is 129 Å². The van der Waals surface area contributed by atoms with Crippen molar-refractivity contribution in [2.24, 2.45) is 5.92 Å². The second kappa shape index (κ2) is 8.57. The maximum atomic E-state index is 5.92. The highest BCUT2D eigenvalue weighted by atomic mass is 16.3. The number of piperazine rings is 1. The van der Waals surface area contributed by atoms with Crippen molar-refractivity contribution in [3.8, 4) is 0 Å². The molecule has 0 saturated carbocycles. The Kier molecular flexibility index (Phi) is 6.74. The first-order valence-corrected chi connectivity index (χ1v) is 8.40. The zero-order chi connectivity index (χ0) is 15.1. The molecule has 0 aliphatic carbocycles. The Morgan fingerprint density at radius 2 is 1.76 bits per heavy atom. The second-order valence-electron chi connectivity index (χ2n) is 6.51. The van der Waals surface area contributed by atoms with Gasteiger partial charge >= 0.3 is 0 Å². The highest BCUT2D eigenvalue weighted by Crippen LogP contribution is 2.12. The Morgan fingerprint density at radius 1 is 1.10 bits per heavy atom. The first-order valence-electron chi connectivity index (χ1n) is 8.40. The summed E-state index contributed by atoms with van der Waals surface area (Å²) in [7, 11) is 0. The van der Waals surface area contributed by atoms with Crippen LogP contribution in [-0.4, -0.2) is 49.1 Å². The SMILES string of the molecule is CCCN1CCN(Cc2ccc(CNCC(C)C)o2)CC1. The molecule has 0 aromatic carbocycles. The van der Waals surface area contributed by atoms with Gasteiger partial charge in [0.1, 0.15) is 11.5 Å². The molecule has 0 spiro atoms. The first kappa shape index (κ1) is 16.5.